The number of hydrogen-bond acceptors (Lipinski definition) is 6. The Kier molecular flexibility index (Phi) is 5.55. The Labute approximate surface area is 321 Å². The largest absolute Gasteiger partial charge is 0.496 e. The van der Waals surface area contributed by atoms with Gasteiger partial charge in [0, 0.05) is 91.2 Å². The number of carbonyl (C=O) groups excluding carboxylic acids is 4. The average molecular weight is 727 g/mol. The summed E-state index contributed by atoms with van der Waals surface area (Å²) in [6.45, 7) is 0. The summed E-state index contributed by atoms with van der Waals surface area (Å²) in [6.07, 6.45) is 0. The quantitative estimate of drug-likeness (QED) is 0.172. The van der Waals surface area contributed by atoms with Crippen LogP contribution in [0.1, 0.15) is 91.1 Å². The third-order valence-corrected chi connectivity index (χ3v) is 14.1. The van der Waals surface area contributed by atoms with Crippen molar-refractivity contribution < 1.29 is 28.7 Å². The van der Waals surface area contributed by atoms with E-state index in [1.165, 1.54) is 0 Å². The maximum atomic E-state index is 15.7. The standard InChI is InChI=1S/C50H30O6/c1-55-29-19-20-30(56-2)38-34-26-16-8-7-15-25(26)33(37(29)38)41-42(34)50(54)46-36-28-18-10-9-17-27(28)35(45(46)49(41)53)43-44(36)48(52)40-32-23-13-5-3-11-21(23)31(39(40)47(43)51)22-12-4-6-14-24(22)32/h3-20,31-36H,1-2H3/t31?,32?,33-,34+,35-,36+. The Morgan fingerprint density at radius 2 is 0.518 bits per heavy atom. The molecule has 11 aliphatic carbocycles. The first kappa shape index (κ1) is 30.6. The van der Waals surface area contributed by atoms with Crippen LogP contribution in [0.25, 0.3) is 0 Å². The molecule has 0 aromatic heterocycles. The number of carbonyl (C=O) groups is 4. The Morgan fingerprint density at radius 3 is 0.786 bits per heavy atom. The molecule has 0 amide bonds. The number of hydrogen-bond donors (Lipinski definition) is 0. The number of methoxy groups -OCH3 is 2. The summed E-state index contributed by atoms with van der Waals surface area (Å²) < 4.78 is 11.9. The number of benzene rings is 5. The Bertz CT molecular complexity index is 2760. The molecule has 6 heteroatoms. The molecule has 4 atom stereocenters. The maximum Gasteiger partial charge on any atom is 0.187 e. The summed E-state index contributed by atoms with van der Waals surface area (Å²) in [5.74, 6) is -3.26. The van der Waals surface area contributed by atoms with Crippen LogP contribution in [-0.2, 0) is 19.2 Å². The zero-order chi connectivity index (χ0) is 37.5. The highest BCUT2D eigenvalue weighted by Gasteiger charge is 2.62. The van der Waals surface area contributed by atoms with E-state index in [0.29, 0.717) is 56.1 Å². The molecule has 5 aromatic carbocycles. The van der Waals surface area contributed by atoms with Crippen LogP contribution in [0.15, 0.2) is 154 Å². The topological polar surface area (TPSA) is 86.7 Å². The van der Waals surface area contributed by atoms with Crippen molar-refractivity contribution in [3.05, 3.63) is 209 Å². The highest BCUT2D eigenvalue weighted by atomic mass is 16.5. The van der Waals surface area contributed by atoms with Crippen molar-refractivity contribution in [3.63, 3.8) is 0 Å². The van der Waals surface area contributed by atoms with Gasteiger partial charge in [0.2, 0.25) is 0 Å². The van der Waals surface area contributed by atoms with Crippen LogP contribution in [0, 0.1) is 0 Å². The van der Waals surface area contributed by atoms with Crippen molar-refractivity contribution in [2.24, 2.45) is 0 Å². The highest BCUT2D eigenvalue weighted by Crippen LogP contribution is 2.68. The molecule has 0 fully saturated rings. The molecule has 0 saturated carbocycles. The number of Topliss-reactive ketones (excluding diaryl/α,β-unsaturated/α-hetero) is 4. The molecule has 0 aliphatic heterocycles. The lowest BCUT2D eigenvalue weighted by Gasteiger charge is -2.52. The van der Waals surface area contributed by atoms with E-state index in [2.05, 4.69) is 24.3 Å². The lowest BCUT2D eigenvalue weighted by atomic mass is 9.48. The van der Waals surface area contributed by atoms with Crippen molar-refractivity contribution in [1.29, 1.82) is 0 Å². The third-order valence-electron chi connectivity index (χ3n) is 14.1. The van der Waals surface area contributed by atoms with Crippen molar-refractivity contribution in [3.8, 4) is 11.5 Å². The minimum absolute atomic E-state index is 0.183. The van der Waals surface area contributed by atoms with Crippen molar-refractivity contribution in [1.82, 2.24) is 0 Å². The van der Waals surface area contributed by atoms with Crippen LogP contribution in [0.4, 0.5) is 0 Å². The fourth-order valence-electron chi connectivity index (χ4n) is 12.3. The normalized spacial score (nSPS) is 26.2. The molecule has 266 valence electrons. The molecular formula is C50H30O6. The SMILES string of the molecule is COc1ccc(OC)c2c1[C@@H]1C3=C(C(=O)C4=C(C3=O)[C@H]3C5=C(C(=O)C6=C(C5=O)C5c7ccccc7C6c6ccccc65)[C@@H]4c4ccccc43)[C@H]2c2ccccc21. The first-order valence-corrected chi connectivity index (χ1v) is 19.2. The monoisotopic (exact) mass is 726 g/mol. The smallest absolute Gasteiger partial charge is 0.187 e. The molecule has 0 heterocycles. The van der Waals surface area contributed by atoms with Crippen molar-refractivity contribution in [2.45, 2.75) is 35.5 Å². The van der Waals surface area contributed by atoms with Crippen LogP contribution >= 0.6 is 0 Å². The van der Waals surface area contributed by atoms with Gasteiger partial charge in [0.05, 0.1) is 14.2 Å². The molecule has 0 saturated heterocycles. The summed E-state index contributed by atoms with van der Waals surface area (Å²) in [6, 6.07) is 35.8. The molecule has 6 nitrogen and oxygen atoms in total. The van der Waals surface area contributed by atoms with E-state index in [4.69, 9.17) is 9.47 Å². The van der Waals surface area contributed by atoms with E-state index < -0.39 is 35.5 Å². The van der Waals surface area contributed by atoms with E-state index in [9.17, 15) is 0 Å². The Morgan fingerprint density at radius 1 is 0.304 bits per heavy atom. The summed E-state index contributed by atoms with van der Waals surface area (Å²) >= 11 is 0. The van der Waals surface area contributed by atoms with E-state index in [1.54, 1.807) is 14.2 Å². The van der Waals surface area contributed by atoms with Crippen LogP contribution in [-0.4, -0.2) is 37.4 Å². The molecule has 0 spiro atoms. The zero-order valence-electron chi connectivity index (χ0n) is 30.3. The van der Waals surface area contributed by atoms with Crippen molar-refractivity contribution in [2.75, 3.05) is 14.2 Å². The minimum atomic E-state index is -0.856. The highest BCUT2D eigenvalue weighted by molar-refractivity contribution is 6.36. The fourth-order valence-corrected chi connectivity index (χ4v) is 12.3. The molecule has 6 bridgehead atoms. The van der Waals surface area contributed by atoms with Gasteiger partial charge in [0.15, 0.2) is 23.1 Å². The van der Waals surface area contributed by atoms with E-state index >= 15 is 19.2 Å². The third kappa shape index (κ3) is 3.20. The number of ether oxygens (including phenoxy) is 2. The predicted molar refractivity (Wildman–Crippen MR) is 206 cm³/mol. The van der Waals surface area contributed by atoms with Crippen LogP contribution in [0.2, 0.25) is 0 Å². The van der Waals surface area contributed by atoms with Gasteiger partial charge in [-0.1, -0.05) is 97.1 Å². The van der Waals surface area contributed by atoms with Gasteiger partial charge in [-0.25, -0.2) is 0 Å². The summed E-state index contributed by atoms with van der Waals surface area (Å²) in [5.41, 5.74) is 12.7. The summed E-state index contributed by atoms with van der Waals surface area (Å²) in [4.78, 5) is 62.6. The second-order valence-corrected chi connectivity index (χ2v) is 16.0. The van der Waals surface area contributed by atoms with Gasteiger partial charge in [-0.2, -0.15) is 0 Å². The number of rotatable bonds is 2. The van der Waals surface area contributed by atoms with E-state index in [1.807, 2.05) is 84.9 Å². The molecule has 0 radical (unpaired) electrons. The minimum Gasteiger partial charge on any atom is -0.496 e. The lowest BCUT2D eigenvalue weighted by Crippen LogP contribution is -2.48. The predicted octanol–water partition coefficient (Wildman–Crippen LogP) is 7.97. The van der Waals surface area contributed by atoms with Gasteiger partial charge in [-0.15, -0.1) is 0 Å². The van der Waals surface area contributed by atoms with E-state index in [0.717, 1.165) is 55.6 Å². The zero-order valence-corrected chi connectivity index (χ0v) is 30.3. The van der Waals surface area contributed by atoms with Crippen LogP contribution < -0.4 is 9.47 Å². The summed E-state index contributed by atoms with van der Waals surface area (Å²) in [7, 11) is 3.24. The first-order chi connectivity index (χ1) is 27.5. The van der Waals surface area contributed by atoms with Gasteiger partial charge in [0.25, 0.3) is 0 Å². The number of ketones is 4. The molecule has 5 aromatic rings. The molecule has 0 N–H and O–H groups in total. The van der Waals surface area contributed by atoms with Gasteiger partial charge < -0.3 is 9.47 Å². The second kappa shape index (κ2) is 10.1. The molecule has 16 rings (SSSR count). The Balaban J connectivity index is 1.05. The molecular weight excluding hydrogens is 697 g/mol. The van der Waals surface area contributed by atoms with Gasteiger partial charge in [-0.05, 0) is 56.6 Å². The molecule has 11 aliphatic rings. The Hall–Kier alpha value is -6.66. The average Bonchev–Trinajstić information content (AvgIpc) is 3.25. The van der Waals surface area contributed by atoms with Gasteiger partial charge >= 0.3 is 0 Å². The van der Waals surface area contributed by atoms with Gasteiger partial charge in [-0.3, -0.25) is 19.2 Å². The lowest BCUT2D eigenvalue weighted by molar-refractivity contribution is -0.119. The second-order valence-electron chi connectivity index (χ2n) is 16.0. The summed E-state index contributed by atoms with van der Waals surface area (Å²) in [5, 5.41) is 0. The molecule has 0 unspecified atom stereocenters. The van der Waals surface area contributed by atoms with Crippen LogP contribution in [0.5, 0.6) is 11.5 Å². The maximum absolute atomic E-state index is 15.7. The van der Waals surface area contributed by atoms with E-state index in [-0.39, 0.29) is 23.1 Å². The first-order valence-electron chi connectivity index (χ1n) is 19.2. The number of allylic oxidation sites excluding steroid dienone is 8. The molecule has 56 heavy (non-hydrogen) atoms. The van der Waals surface area contributed by atoms with Crippen LogP contribution in [0.3, 0.4) is 0 Å². The van der Waals surface area contributed by atoms with Gasteiger partial charge in [0.1, 0.15) is 11.5 Å². The fraction of sp³-hybridized carbons (Fsp3) is 0.160. The van der Waals surface area contributed by atoms with Crippen molar-refractivity contribution >= 4 is 23.1 Å².